The molecule has 10 nitrogen and oxygen atoms in total. The van der Waals surface area contributed by atoms with Gasteiger partial charge in [-0.15, -0.1) is 0 Å². The number of aromatic nitrogens is 2. The molecular formula is C28H35N5O5S. The number of hydrogen-bond acceptors (Lipinski definition) is 7. The number of amides is 1. The average molecular weight is 554 g/mol. The van der Waals surface area contributed by atoms with Gasteiger partial charge >= 0.3 is 0 Å². The fraction of sp³-hybridized carbons (Fsp3) is 0.429. The lowest BCUT2D eigenvalue weighted by Gasteiger charge is -2.49. The molecule has 3 fully saturated rings. The molecule has 1 aromatic heterocycles. The minimum atomic E-state index is -3.65. The number of carbonyl (C=O) groups is 1. The third kappa shape index (κ3) is 5.66. The second kappa shape index (κ2) is 11.0. The Morgan fingerprint density at radius 2 is 1.82 bits per heavy atom. The number of aryl methyl sites for hydroxylation is 1. The molecule has 2 aromatic carbocycles. The lowest BCUT2D eigenvalue weighted by atomic mass is 9.74. The molecule has 0 aliphatic carbocycles. The highest BCUT2D eigenvalue weighted by molar-refractivity contribution is 7.89. The smallest absolute Gasteiger partial charge is 0.240 e. The number of rotatable bonds is 9. The van der Waals surface area contributed by atoms with E-state index in [1.807, 2.05) is 29.9 Å². The van der Waals surface area contributed by atoms with Crippen molar-refractivity contribution in [2.45, 2.75) is 36.6 Å². The van der Waals surface area contributed by atoms with Gasteiger partial charge in [0.1, 0.15) is 0 Å². The molecule has 0 radical (unpaired) electrons. The molecule has 0 saturated carbocycles. The van der Waals surface area contributed by atoms with Gasteiger partial charge in [-0.25, -0.2) is 13.1 Å². The van der Waals surface area contributed by atoms with Crippen LogP contribution in [-0.4, -0.2) is 68.9 Å². The highest BCUT2D eigenvalue weighted by atomic mass is 32.2. The first-order valence-corrected chi connectivity index (χ1v) is 14.5. The third-order valence-electron chi connectivity index (χ3n) is 7.85. The molecule has 3 aromatic rings. The SMILES string of the molecule is COc1ccc(-c2cc([C@H]3CN4CC[C@H]3C[C@@H]4CNS(=O)(=O)c3ccc(NC(C)=O)cc3)n(C)n2)cc1OC. The quantitative estimate of drug-likeness (QED) is 0.418. The first kappa shape index (κ1) is 27.2. The number of anilines is 1. The maximum Gasteiger partial charge on any atom is 0.240 e. The molecule has 2 N–H and O–H groups in total. The van der Waals surface area contributed by atoms with Crippen LogP contribution in [0.1, 0.15) is 31.4 Å². The number of methoxy groups -OCH3 is 2. The summed E-state index contributed by atoms with van der Waals surface area (Å²) in [7, 11) is 1.57. The minimum Gasteiger partial charge on any atom is -0.493 e. The van der Waals surface area contributed by atoms with E-state index in [4.69, 9.17) is 14.6 Å². The van der Waals surface area contributed by atoms with Crippen molar-refractivity contribution >= 4 is 21.6 Å². The Hall–Kier alpha value is -3.41. The zero-order chi connectivity index (χ0) is 27.7. The summed E-state index contributed by atoms with van der Waals surface area (Å²) in [5.74, 6) is 1.93. The van der Waals surface area contributed by atoms with E-state index in [-0.39, 0.29) is 16.8 Å². The molecule has 4 atom stereocenters. The van der Waals surface area contributed by atoms with E-state index < -0.39 is 10.0 Å². The Balaban J connectivity index is 1.25. The van der Waals surface area contributed by atoms with Crippen molar-refractivity contribution in [1.29, 1.82) is 0 Å². The number of piperidine rings is 3. The van der Waals surface area contributed by atoms with Crippen LogP contribution in [0.3, 0.4) is 0 Å². The number of ether oxygens (including phenoxy) is 2. The van der Waals surface area contributed by atoms with Crippen molar-refractivity contribution in [1.82, 2.24) is 19.4 Å². The van der Waals surface area contributed by atoms with Gasteiger partial charge in [-0.1, -0.05) is 0 Å². The van der Waals surface area contributed by atoms with Crippen molar-refractivity contribution in [3.63, 3.8) is 0 Å². The molecule has 0 spiro atoms. The van der Waals surface area contributed by atoms with Crippen LogP contribution in [0.5, 0.6) is 11.5 Å². The van der Waals surface area contributed by atoms with Crippen LogP contribution in [0.15, 0.2) is 53.4 Å². The molecule has 1 amide bonds. The van der Waals surface area contributed by atoms with Crippen LogP contribution >= 0.6 is 0 Å². The number of hydrogen-bond donors (Lipinski definition) is 2. The molecule has 3 aliphatic rings. The molecule has 3 saturated heterocycles. The maximum atomic E-state index is 12.9. The average Bonchev–Trinajstić information content (AvgIpc) is 3.33. The highest BCUT2D eigenvalue weighted by Gasteiger charge is 2.42. The van der Waals surface area contributed by atoms with Gasteiger partial charge in [0.15, 0.2) is 11.5 Å². The monoisotopic (exact) mass is 553 g/mol. The number of carbonyl (C=O) groups excluding carboxylic acids is 1. The van der Waals surface area contributed by atoms with Crippen molar-refractivity contribution in [3.8, 4) is 22.8 Å². The van der Waals surface area contributed by atoms with Crippen LogP contribution < -0.4 is 19.5 Å². The summed E-state index contributed by atoms with van der Waals surface area (Å²) in [5.41, 5.74) is 3.60. The summed E-state index contributed by atoms with van der Waals surface area (Å²) in [5, 5.41) is 7.45. The first-order chi connectivity index (χ1) is 18.7. The fourth-order valence-corrected chi connectivity index (χ4v) is 6.93. The summed E-state index contributed by atoms with van der Waals surface area (Å²) in [6, 6.07) is 14.3. The zero-order valence-electron chi connectivity index (χ0n) is 22.7. The van der Waals surface area contributed by atoms with Crippen LogP contribution in [0.25, 0.3) is 11.3 Å². The molecule has 39 heavy (non-hydrogen) atoms. The van der Waals surface area contributed by atoms with Gasteiger partial charge < -0.3 is 14.8 Å². The normalized spacial score (nSPS) is 22.5. The summed E-state index contributed by atoms with van der Waals surface area (Å²) in [4.78, 5) is 13.8. The van der Waals surface area contributed by atoms with E-state index in [2.05, 4.69) is 21.0 Å². The highest BCUT2D eigenvalue weighted by Crippen LogP contribution is 2.43. The largest absolute Gasteiger partial charge is 0.493 e. The van der Waals surface area contributed by atoms with Crippen molar-refractivity contribution in [2.24, 2.45) is 13.0 Å². The van der Waals surface area contributed by atoms with Crippen molar-refractivity contribution < 1.29 is 22.7 Å². The van der Waals surface area contributed by atoms with Gasteiger partial charge in [-0.2, -0.15) is 5.10 Å². The molecule has 208 valence electrons. The Morgan fingerprint density at radius 1 is 1.08 bits per heavy atom. The third-order valence-corrected chi connectivity index (χ3v) is 9.29. The fourth-order valence-electron chi connectivity index (χ4n) is 5.86. The molecule has 1 unspecified atom stereocenters. The summed E-state index contributed by atoms with van der Waals surface area (Å²) in [6.07, 6.45) is 2.00. The predicted octanol–water partition coefficient (Wildman–Crippen LogP) is 3.22. The van der Waals surface area contributed by atoms with E-state index in [1.54, 1.807) is 26.4 Å². The summed E-state index contributed by atoms with van der Waals surface area (Å²) >= 11 is 0. The molecule has 2 bridgehead atoms. The molecular weight excluding hydrogens is 518 g/mol. The van der Waals surface area contributed by atoms with Crippen LogP contribution in [0.2, 0.25) is 0 Å². The van der Waals surface area contributed by atoms with Crippen molar-refractivity contribution in [3.05, 3.63) is 54.2 Å². The minimum absolute atomic E-state index is 0.145. The Kier molecular flexibility index (Phi) is 7.66. The van der Waals surface area contributed by atoms with Gasteiger partial charge in [0.25, 0.3) is 0 Å². The second-order valence-corrected chi connectivity index (χ2v) is 12.0. The van der Waals surface area contributed by atoms with Crippen LogP contribution in [0, 0.1) is 5.92 Å². The number of nitrogens with zero attached hydrogens (tertiary/aromatic N) is 3. The lowest BCUT2D eigenvalue weighted by Crippen LogP contribution is -2.56. The molecule has 11 heteroatoms. The number of sulfonamides is 1. The Morgan fingerprint density at radius 3 is 2.46 bits per heavy atom. The summed E-state index contributed by atoms with van der Waals surface area (Å²) in [6.45, 7) is 3.60. The van der Waals surface area contributed by atoms with Gasteiger partial charge in [0.2, 0.25) is 15.9 Å². The zero-order valence-corrected chi connectivity index (χ0v) is 23.5. The molecule has 6 rings (SSSR count). The lowest BCUT2D eigenvalue weighted by molar-refractivity contribution is -0.114. The van der Waals surface area contributed by atoms with E-state index in [0.717, 1.165) is 37.2 Å². The first-order valence-electron chi connectivity index (χ1n) is 13.1. The van der Waals surface area contributed by atoms with E-state index in [1.165, 1.54) is 24.8 Å². The second-order valence-electron chi connectivity index (χ2n) is 10.2. The molecule has 3 aliphatic heterocycles. The van der Waals surface area contributed by atoms with Gasteiger partial charge in [0, 0.05) is 56.0 Å². The van der Waals surface area contributed by atoms with Crippen LogP contribution in [0.4, 0.5) is 5.69 Å². The number of fused-ring (bicyclic) bond motifs is 3. The van der Waals surface area contributed by atoms with Crippen molar-refractivity contribution in [2.75, 3.05) is 39.2 Å². The standard InChI is InChI=1S/C28H35N5O5S/c1-18(34)30-21-6-8-23(9-7-21)39(35,36)29-16-22-13-19-11-12-33(22)17-24(19)26-15-25(31-32(26)2)20-5-10-27(37-3)28(14-20)38-4/h5-10,14-15,19,22,24,29H,11-13,16-17H2,1-4H3,(H,30,34)/t19-,22+,24-/m0/s1. The van der Waals surface area contributed by atoms with Gasteiger partial charge in [-0.05, 0) is 73.8 Å². The maximum absolute atomic E-state index is 12.9. The number of benzene rings is 2. The number of nitrogens with one attached hydrogen (secondary N) is 2. The van der Waals surface area contributed by atoms with E-state index in [9.17, 15) is 13.2 Å². The Bertz CT molecular complexity index is 1450. The molecule has 4 heterocycles. The topological polar surface area (TPSA) is 115 Å². The van der Waals surface area contributed by atoms with Gasteiger partial charge in [-0.3, -0.25) is 14.4 Å². The van der Waals surface area contributed by atoms with Gasteiger partial charge in [0.05, 0.1) is 24.8 Å². The van der Waals surface area contributed by atoms with Crippen LogP contribution in [-0.2, 0) is 21.9 Å². The Labute approximate surface area is 229 Å². The summed E-state index contributed by atoms with van der Waals surface area (Å²) < 4.78 is 41.5. The predicted molar refractivity (Wildman–Crippen MR) is 149 cm³/mol. The van der Waals surface area contributed by atoms with E-state index >= 15 is 0 Å². The van der Waals surface area contributed by atoms with E-state index in [0.29, 0.717) is 35.6 Å².